The number of fused-ring (bicyclic) bond motifs is 1. The van der Waals surface area contributed by atoms with E-state index in [1.54, 1.807) is 6.92 Å². The van der Waals surface area contributed by atoms with Crippen LogP contribution in [-0.2, 0) is 9.59 Å². The minimum Gasteiger partial charge on any atom is -0.393 e. The summed E-state index contributed by atoms with van der Waals surface area (Å²) in [6.07, 6.45) is 20.3. The number of nitrogens with one attached hydrogen (secondary N) is 1. The molecular formula is C33H41NO3. The van der Waals surface area contributed by atoms with Crippen LogP contribution in [0.15, 0.2) is 78.6 Å². The first kappa shape index (κ1) is 27.1. The van der Waals surface area contributed by atoms with Crippen LogP contribution in [0, 0.1) is 5.92 Å². The zero-order valence-corrected chi connectivity index (χ0v) is 22.1. The van der Waals surface area contributed by atoms with Gasteiger partial charge in [0.1, 0.15) is 5.78 Å². The third-order valence-corrected chi connectivity index (χ3v) is 7.76. The third kappa shape index (κ3) is 7.52. The van der Waals surface area contributed by atoms with Gasteiger partial charge in [0.25, 0.3) is 0 Å². The number of hydrogen-bond donors (Lipinski definition) is 2. The molecule has 0 saturated heterocycles. The first-order valence-electron chi connectivity index (χ1n) is 13.9. The number of carbonyl (C=O) groups excluding carboxylic acids is 2. The molecule has 3 aliphatic rings. The van der Waals surface area contributed by atoms with E-state index in [9.17, 15) is 14.7 Å². The smallest absolute Gasteiger partial charge is 0.170 e. The fourth-order valence-electron chi connectivity index (χ4n) is 5.70. The number of Topliss-reactive ketones (excluding diaryl/α,β-unsaturated/α-hetero) is 2. The lowest BCUT2D eigenvalue weighted by Crippen LogP contribution is -2.28. The second kappa shape index (κ2) is 13.0. The van der Waals surface area contributed by atoms with E-state index < -0.39 is 6.10 Å². The van der Waals surface area contributed by atoms with Crippen molar-refractivity contribution in [2.24, 2.45) is 5.92 Å². The van der Waals surface area contributed by atoms with Crippen molar-refractivity contribution in [2.75, 3.05) is 0 Å². The lowest BCUT2D eigenvalue weighted by molar-refractivity contribution is -0.120. The van der Waals surface area contributed by atoms with Crippen LogP contribution in [-0.4, -0.2) is 28.8 Å². The van der Waals surface area contributed by atoms with Crippen LogP contribution in [0.3, 0.4) is 0 Å². The van der Waals surface area contributed by atoms with Crippen molar-refractivity contribution in [1.29, 1.82) is 0 Å². The Kier molecular flexibility index (Phi) is 9.51. The molecule has 1 aromatic carbocycles. The van der Waals surface area contributed by atoms with Crippen molar-refractivity contribution in [3.05, 3.63) is 89.7 Å². The van der Waals surface area contributed by atoms with E-state index in [0.29, 0.717) is 18.4 Å². The number of unbranched alkanes of at least 4 members (excludes halogenated alkanes) is 3. The first-order valence-corrected chi connectivity index (χ1v) is 13.9. The molecule has 0 amide bonds. The summed E-state index contributed by atoms with van der Waals surface area (Å²) in [5, 5.41) is 12.8. The van der Waals surface area contributed by atoms with E-state index >= 15 is 0 Å². The predicted octanol–water partition coefficient (Wildman–Crippen LogP) is 6.74. The maximum absolute atomic E-state index is 13.6. The maximum atomic E-state index is 13.6. The average molecular weight is 500 g/mol. The van der Waals surface area contributed by atoms with Crippen LogP contribution in [0.4, 0.5) is 0 Å². The minimum atomic E-state index is -0.562. The molecule has 2 aliphatic carbocycles. The second-order valence-electron chi connectivity index (χ2n) is 10.9. The quantitative estimate of drug-likeness (QED) is 0.295. The summed E-state index contributed by atoms with van der Waals surface area (Å²) in [6, 6.07) is 9.19. The van der Waals surface area contributed by atoms with Crippen molar-refractivity contribution in [2.45, 2.75) is 89.2 Å². The fraction of sp³-hybridized carbons (Fsp3) is 0.455. The monoisotopic (exact) mass is 499 g/mol. The van der Waals surface area contributed by atoms with Gasteiger partial charge < -0.3 is 10.4 Å². The number of benzene rings is 1. The molecule has 0 aromatic heterocycles. The van der Waals surface area contributed by atoms with E-state index in [4.69, 9.17) is 0 Å². The molecule has 4 atom stereocenters. The Morgan fingerprint density at radius 3 is 2.68 bits per heavy atom. The normalized spacial score (nSPS) is 22.1. The minimum absolute atomic E-state index is 0.128. The van der Waals surface area contributed by atoms with Gasteiger partial charge in [-0.2, -0.15) is 0 Å². The topological polar surface area (TPSA) is 66.4 Å². The highest BCUT2D eigenvalue weighted by Crippen LogP contribution is 2.35. The van der Waals surface area contributed by atoms with E-state index in [0.717, 1.165) is 68.1 Å². The zero-order valence-electron chi connectivity index (χ0n) is 22.1. The predicted molar refractivity (Wildman–Crippen MR) is 151 cm³/mol. The van der Waals surface area contributed by atoms with E-state index in [-0.39, 0.29) is 23.9 Å². The summed E-state index contributed by atoms with van der Waals surface area (Å²) in [7, 11) is 0. The lowest BCUT2D eigenvalue weighted by Gasteiger charge is -2.25. The average Bonchev–Trinajstić information content (AvgIpc) is 3.36. The van der Waals surface area contributed by atoms with Gasteiger partial charge in [-0.1, -0.05) is 80.0 Å². The van der Waals surface area contributed by atoms with Crippen LogP contribution in [0.1, 0.15) is 88.2 Å². The summed E-state index contributed by atoms with van der Waals surface area (Å²) in [6.45, 7) is 5.71. The van der Waals surface area contributed by atoms with Gasteiger partial charge in [0, 0.05) is 36.3 Å². The number of allylic oxidation sites excluding steroid dienone is 6. The van der Waals surface area contributed by atoms with Crippen LogP contribution in [0.5, 0.6) is 0 Å². The molecule has 1 heterocycles. The van der Waals surface area contributed by atoms with Gasteiger partial charge >= 0.3 is 0 Å². The molecule has 196 valence electrons. The van der Waals surface area contributed by atoms with Crippen LogP contribution in [0.2, 0.25) is 0 Å². The summed E-state index contributed by atoms with van der Waals surface area (Å²) >= 11 is 0. The molecule has 2 N–H and O–H groups in total. The van der Waals surface area contributed by atoms with Gasteiger partial charge in [0.05, 0.1) is 6.10 Å². The number of carbonyl (C=O) groups is 2. The lowest BCUT2D eigenvalue weighted by atomic mass is 9.82. The molecule has 4 nitrogen and oxygen atoms in total. The first-order chi connectivity index (χ1) is 17.9. The van der Waals surface area contributed by atoms with Crippen molar-refractivity contribution in [3.63, 3.8) is 0 Å². The SMILES string of the molecule is C=C1C=C(C(=O)C(CCCCCCC(=O)C[C@H](C)O)c2ccc(C3=CC4C=CNC4CC3)cc2)C=CC1. The molecule has 1 aromatic rings. The van der Waals surface area contributed by atoms with Gasteiger partial charge in [0.15, 0.2) is 5.78 Å². The van der Waals surface area contributed by atoms with E-state index in [2.05, 4.69) is 54.5 Å². The summed E-state index contributed by atoms with van der Waals surface area (Å²) < 4.78 is 0. The third-order valence-electron chi connectivity index (χ3n) is 7.76. The van der Waals surface area contributed by atoms with Gasteiger partial charge in [-0.05, 0) is 68.0 Å². The van der Waals surface area contributed by atoms with Crippen molar-refractivity contribution >= 4 is 17.1 Å². The summed E-state index contributed by atoms with van der Waals surface area (Å²) in [5.41, 5.74) is 5.43. The largest absolute Gasteiger partial charge is 0.393 e. The van der Waals surface area contributed by atoms with Crippen LogP contribution < -0.4 is 5.32 Å². The molecule has 0 radical (unpaired) electrons. The fourth-order valence-corrected chi connectivity index (χ4v) is 5.70. The molecular weight excluding hydrogens is 458 g/mol. The van der Waals surface area contributed by atoms with Gasteiger partial charge in [-0.25, -0.2) is 0 Å². The van der Waals surface area contributed by atoms with E-state index in [1.807, 2.05) is 18.2 Å². The molecule has 0 fully saturated rings. The molecule has 4 heteroatoms. The van der Waals surface area contributed by atoms with Crippen molar-refractivity contribution in [3.8, 4) is 0 Å². The Balaban J connectivity index is 1.40. The highest BCUT2D eigenvalue weighted by atomic mass is 16.3. The number of rotatable bonds is 13. The molecule has 37 heavy (non-hydrogen) atoms. The van der Waals surface area contributed by atoms with Crippen LogP contribution in [0.25, 0.3) is 5.57 Å². The molecule has 0 saturated carbocycles. The van der Waals surface area contributed by atoms with Crippen molar-refractivity contribution < 1.29 is 14.7 Å². The van der Waals surface area contributed by atoms with Crippen LogP contribution >= 0.6 is 0 Å². The maximum Gasteiger partial charge on any atom is 0.170 e. The molecule has 3 unspecified atom stereocenters. The van der Waals surface area contributed by atoms with Gasteiger partial charge in [-0.15, -0.1) is 0 Å². The number of aliphatic hydroxyl groups excluding tert-OH is 1. The zero-order chi connectivity index (χ0) is 26.2. The Bertz CT molecular complexity index is 1100. The Labute approximate surface area is 221 Å². The number of ketones is 2. The Morgan fingerprint density at radius 2 is 1.92 bits per heavy atom. The Hall–Kier alpha value is -2.98. The summed E-state index contributed by atoms with van der Waals surface area (Å²) in [5.74, 6) is 0.583. The van der Waals surface area contributed by atoms with E-state index in [1.165, 1.54) is 11.1 Å². The molecule has 1 aliphatic heterocycles. The standard InChI is InChI=1S/C33H41NO3/c1-23-8-7-9-29(20-23)33(37)31(11-6-4-3-5-10-30(36)21-24(2)35)26-14-12-25(13-15-26)27-16-17-32-28(22-27)18-19-34-32/h7,9,12-15,18-20,22,24,28,31-32,34-35H,1,3-6,8,10-11,16-17,21H2,2H3/t24-,28?,31?,32?/m0/s1. The number of aliphatic hydroxyl groups is 1. The Morgan fingerprint density at radius 1 is 1.14 bits per heavy atom. The number of hydrogen-bond acceptors (Lipinski definition) is 4. The van der Waals surface area contributed by atoms with Crippen molar-refractivity contribution in [1.82, 2.24) is 5.32 Å². The molecule has 0 spiro atoms. The molecule has 4 rings (SSSR count). The van der Waals surface area contributed by atoms with Gasteiger partial charge in [-0.3, -0.25) is 9.59 Å². The summed E-state index contributed by atoms with van der Waals surface area (Å²) in [4.78, 5) is 25.4. The molecule has 0 bridgehead atoms. The second-order valence-corrected chi connectivity index (χ2v) is 10.9. The van der Waals surface area contributed by atoms with Gasteiger partial charge in [0.2, 0.25) is 0 Å². The highest BCUT2D eigenvalue weighted by Gasteiger charge is 2.26. The highest BCUT2D eigenvalue weighted by molar-refractivity contribution is 6.03.